The summed E-state index contributed by atoms with van der Waals surface area (Å²) in [6, 6.07) is 10.2. The summed E-state index contributed by atoms with van der Waals surface area (Å²) >= 11 is 1.75. The van der Waals surface area contributed by atoms with Gasteiger partial charge >= 0.3 is 0 Å². The Bertz CT molecular complexity index is 497. The third-order valence-corrected chi connectivity index (χ3v) is 3.78. The highest BCUT2D eigenvalue weighted by atomic mass is 32.1. The van der Waals surface area contributed by atoms with E-state index in [2.05, 4.69) is 17.5 Å². The predicted molar refractivity (Wildman–Crippen MR) is 79.3 cm³/mol. The van der Waals surface area contributed by atoms with Crippen molar-refractivity contribution >= 4 is 11.3 Å². The maximum Gasteiger partial charge on any atom is 0.161 e. The zero-order valence-corrected chi connectivity index (χ0v) is 11.9. The lowest BCUT2D eigenvalue weighted by Gasteiger charge is -2.12. The standard InChI is InChI=1S/C15H19NO2S/c1-17-14-5-4-12(6-8-16)11-15(14)18-9-7-13-3-2-10-19-13/h2-5,10-11H,6-9,16H2,1H3. The van der Waals surface area contributed by atoms with Crippen LogP contribution in [0, 0.1) is 0 Å². The second-order valence-corrected chi connectivity index (χ2v) is 5.23. The van der Waals surface area contributed by atoms with Gasteiger partial charge in [0.05, 0.1) is 13.7 Å². The lowest BCUT2D eigenvalue weighted by Crippen LogP contribution is -2.05. The molecule has 19 heavy (non-hydrogen) atoms. The van der Waals surface area contributed by atoms with E-state index in [4.69, 9.17) is 15.2 Å². The fourth-order valence-electron chi connectivity index (χ4n) is 1.87. The fraction of sp³-hybridized carbons (Fsp3) is 0.333. The van der Waals surface area contributed by atoms with Gasteiger partial charge in [0, 0.05) is 11.3 Å². The zero-order valence-electron chi connectivity index (χ0n) is 11.1. The van der Waals surface area contributed by atoms with Crippen molar-refractivity contribution in [1.29, 1.82) is 0 Å². The molecule has 0 saturated carbocycles. The van der Waals surface area contributed by atoms with Crippen molar-refractivity contribution in [2.75, 3.05) is 20.3 Å². The van der Waals surface area contributed by atoms with Crippen LogP contribution in [0.4, 0.5) is 0 Å². The molecule has 2 aromatic rings. The first kappa shape index (κ1) is 13.9. The van der Waals surface area contributed by atoms with E-state index in [0.717, 1.165) is 24.3 Å². The van der Waals surface area contributed by atoms with E-state index in [0.29, 0.717) is 13.2 Å². The number of thiophene rings is 1. The first-order chi connectivity index (χ1) is 9.33. The van der Waals surface area contributed by atoms with E-state index in [1.165, 1.54) is 10.4 Å². The highest BCUT2D eigenvalue weighted by molar-refractivity contribution is 7.09. The third-order valence-electron chi connectivity index (χ3n) is 2.85. The van der Waals surface area contributed by atoms with Gasteiger partial charge in [-0.05, 0) is 42.1 Å². The van der Waals surface area contributed by atoms with Gasteiger partial charge in [-0.2, -0.15) is 0 Å². The van der Waals surface area contributed by atoms with E-state index in [1.54, 1.807) is 18.4 Å². The van der Waals surface area contributed by atoms with Crippen LogP contribution in [0.5, 0.6) is 11.5 Å². The molecule has 0 spiro atoms. The second kappa shape index (κ2) is 7.16. The van der Waals surface area contributed by atoms with Crippen LogP contribution in [0.2, 0.25) is 0 Å². The molecule has 0 bridgehead atoms. The number of rotatable bonds is 7. The van der Waals surface area contributed by atoms with Crippen LogP contribution in [0.3, 0.4) is 0 Å². The van der Waals surface area contributed by atoms with E-state index >= 15 is 0 Å². The molecule has 1 aromatic heterocycles. The molecule has 3 nitrogen and oxygen atoms in total. The summed E-state index contributed by atoms with van der Waals surface area (Å²) in [5, 5.41) is 2.08. The Labute approximate surface area is 118 Å². The van der Waals surface area contributed by atoms with Crippen molar-refractivity contribution in [1.82, 2.24) is 0 Å². The Hall–Kier alpha value is -1.52. The average Bonchev–Trinajstić information content (AvgIpc) is 2.93. The Kier molecular flexibility index (Phi) is 5.24. The summed E-state index contributed by atoms with van der Waals surface area (Å²) in [7, 11) is 1.66. The second-order valence-electron chi connectivity index (χ2n) is 4.20. The molecule has 2 rings (SSSR count). The van der Waals surface area contributed by atoms with Crippen molar-refractivity contribution < 1.29 is 9.47 Å². The number of methoxy groups -OCH3 is 1. The molecule has 102 valence electrons. The fourth-order valence-corrected chi connectivity index (χ4v) is 2.56. The molecule has 1 heterocycles. The SMILES string of the molecule is COc1ccc(CCN)cc1OCCc1cccs1. The van der Waals surface area contributed by atoms with Crippen molar-refractivity contribution in [3.8, 4) is 11.5 Å². The Balaban J connectivity index is 1.98. The van der Waals surface area contributed by atoms with Crippen LogP contribution in [-0.2, 0) is 12.8 Å². The minimum atomic E-state index is 0.640. The lowest BCUT2D eigenvalue weighted by atomic mass is 10.1. The molecular formula is C15H19NO2S. The van der Waals surface area contributed by atoms with Crippen molar-refractivity contribution in [3.63, 3.8) is 0 Å². The Morgan fingerprint density at radius 1 is 1.16 bits per heavy atom. The highest BCUT2D eigenvalue weighted by Gasteiger charge is 2.06. The van der Waals surface area contributed by atoms with Gasteiger partial charge in [-0.15, -0.1) is 11.3 Å². The minimum Gasteiger partial charge on any atom is -0.493 e. The smallest absolute Gasteiger partial charge is 0.161 e. The van der Waals surface area contributed by atoms with Gasteiger partial charge in [0.25, 0.3) is 0 Å². The molecule has 0 saturated heterocycles. The molecule has 1 aromatic carbocycles. The molecule has 0 aliphatic heterocycles. The van der Waals surface area contributed by atoms with Gasteiger partial charge in [-0.1, -0.05) is 12.1 Å². The average molecular weight is 277 g/mol. The van der Waals surface area contributed by atoms with Crippen LogP contribution in [-0.4, -0.2) is 20.3 Å². The topological polar surface area (TPSA) is 44.5 Å². The molecule has 0 atom stereocenters. The number of ether oxygens (including phenoxy) is 2. The number of nitrogens with two attached hydrogens (primary N) is 1. The molecule has 0 radical (unpaired) electrons. The Morgan fingerprint density at radius 2 is 2.05 bits per heavy atom. The van der Waals surface area contributed by atoms with Crippen LogP contribution in [0.1, 0.15) is 10.4 Å². The van der Waals surface area contributed by atoms with Gasteiger partial charge in [-0.25, -0.2) is 0 Å². The molecule has 0 aliphatic rings. The van der Waals surface area contributed by atoms with Crippen molar-refractivity contribution in [2.24, 2.45) is 5.73 Å². The van der Waals surface area contributed by atoms with Crippen LogP contribution in [0.25, 0.3) is 0 Å². The monoisotopic (exact) mass is 277 g/mol. The summed E-state index contributed by atoms with van der Waals surface area (Å²) in [4.78, 5) is 1.33. The molecule has 0 unspecified atom stereocenters. The first-order valence-electron chi connectivity index (χ1n) is 6.35. The largest absolute Gasteiger partial charge is 0.493 e. The third kappa shape index (κ3) is 3.98. The molecule has 2 N–H and O–H groups in total. The van der Waals surface area contributed by atoms with Crippen molar-refractivity contribution in [2.45, 2.75) is 12.8 Å². The summed E-state index contributed by atoms with van der Waals surface area (Å²) in [5.74, 6) is 1.57. The van der Waals surface area contributed by atoms with E-state index < -0.39 is 0 Å². The summed E-state index contributed by atoms with van der Waals surface area (Å²) in [6.07, 6.45) is 1.77. The quantitative estimate of drug-likeness (QED) is 0.846. The first-order valence-corrected chi connectivity index (χ1v) is 7.23. The van der Waals surface area contributed by atoms with E-state index in [9.17, 15) is 0 Å². The maximum absolute atomic E-state index is 5.83. The summed E-state index contributed by atoms with van der Waals surface area (Å²) < 4.78 is 11.1. The number of benzene rings is 1. The van der Waals surface area contributed by atoms with Crippen LogP contribution >= 0.6 is 11.3 Å². The van der Waals surface area contributed by atoms with E-state index in [1.807, 2.05) is 18.2 Å². The zero-order chi connectivity index (χ0) is 13.5. The highest BCUT2D eigenvalue weighted by Crippen LogP contribution is 2.28. The summed E-state index contributed by atoms with van der Waals surface area (Å²) in [5.41, 5.74) is 6.75. The van der Waals surface area contributed by atoms with Gasteiger partial charge in [0.1, 0.15) is 0 Å². The lowest BCUT2D eigenvalue weighted by molar-refractivity contribution is 0.298. The van der Waals surface area contributed by atoms with Gasteiger partial charge in [-0.3, -0.25) is 0 Å². The maximum atomic E-state index is 5.83. The molecular weight excluding hydrogens is 258 g/mol. The summed E-state index contributed by atoms with van der Waals surface area (Å²) in [6.45, 7) is 1.30. The van der Waals surface area contributed by atoms with Crippen LogP contribution < -0.4 is 15.2 Å². The molecule has 4 heteroatoms. The number of hydrogen-bond donors (Lipinski definition) is 1. The van der Waals surface area contributed by atoms with Crippen molar-refractivity contribution in [3.05, 3.63) is 46.2 Å². The Morgan fingerprint density at radius 3 is 2.74 bits per heavy atom. The van der Waals surface area contributed by atoms with Gasteiger partial charge in [0.2, 0.25) is 0 Å². The predicted octanol–water partition coefficient (Wildman–Crippen LogP) is 2.88. The number of hydrogen-bond acceptors (Lipinski definition) is 4. The van der Waals surface area contributed by atoms with E-state index in [-0.39, 0.29) is 0 Å². The molecule has 0 fully saturated rings. The normalized spacial score (nSPS) is 10.4. The van der Waals surface area contributed by atoms with Gasteiger partial charge < -0.3 is 15.2 Å². The molecule has 0 aliphatic carbocycles. The minimum absolute atomic E-state index is 0.640. The van der Waals surface area contributed by atoms with Crippen LogP contribution in [0.15, 0.2) is 35.7 Å². The van der Waals surface area contributed by atoms with Gasteiger partial charge in [0.15, 0.2) is 11.5 Å². The molecule has 0 amide bonds.